The van der Waals surface area contributed by atoms with Gasteiger partial charge >= 0.3 is 0 Å². The summed E-state index contributed by atoms with van der Waals surface area (Å²) in [5, 5.41) is 0. The molecule has 1 aliphatic heterocycles. The highest BCUT2D eigenvalue weighted by atomic mass is 32.2. The largest absolute Gasteiger partial charge is 0.379 e. The molecule has 146 valence electrons. The smallest absolute Gasteiger partial charge is 0.261 e. The molecule has 0 bridgehead atoms. The number of aryl methyl sites for hydroxylation is 1. The van der Waals surface area contributed by atoms with Gasteiger partial charge in [-0.25, -0.2) is 16.8 Å². The van der Waals surface area contributed by atoms with Crippen molar-refractivity contribution < 1.29 is 21.6 Å². The maximum Gasteiger partial charge on any atom is 0.261 e. The fraction of sp³-hybridized carbons (Fsp3) is 0.333. The summed E-state index contributed by atoms with van der Waals surface area (Å²) in [5.74, 6) is 0. The lowest BCUT2D eigenvalue weighted by Crippen LogP contribution is -2.40. The Kier molecular flexibility index (Phi) is 5.85. The summed E-state index contributed by atoms with van der Waals surface area (Å²) in [6.07, 6.45) is 0.815. The van der Waals surface area contributed by atoms with Gasteiger partial charge < -0.3 is 4.74 Å². The summed E-state index contributed by atoms with van der Waals surface area (Å²) in [6, 6.07) is 12.4. The third kappa shape index (κ3) is 4.49. The molecular formula is C18H22N2O5S2. The van der Waals surface area contributed by atoms with E-state index in [-0.39, 0.29) is 28.6 Å². The van der Waals surface area contributed by atoms with Gasteiger partial charge in [-0.2, -0.15) is 4.31 Å². The molecule has 1 N–H and O–H groups in total. The number of nitrogens with one attached hydrogen (secondary N) is 1. The average molecular weight is 411 g/mol. The SMILES string of the molecule is CCc1ccc(S(=O)(=O)Nc2cccc(S(=O)(=O)N3CCOCC3)c2)cc1. The molecule has 1 saturated heterocycles. The second kappa shape index (κ2) is 7.97. The van der Waals surface area contributed by atoms with E-state index in [9.17, 15) is 16.8 Å². The van der Waals surface area contributed by atoms with Crippen molar-refractivity contribution in [2.24, 2.45) is 0 Å². The van der Waals surface area contributed by atoms with Crippen molar-refractivity contribution in [3.8, 4) is 0 Å². The molecule has 0 aromatic heterocycles. The third-order valence-corrected chi connectivity index (χ3v) is 7.63. The van der Waals surface area contributed by atoms with Gasteiger partial charge in [-0.3, -0.25) is 4.72 Å². The van der Waals surface area contributed by atoms with E-state index in [0.29, 0.717) is 13.2 Å². The molecule has 0 saturated carbocycles. The Labute approximate surface area is 160 Å². The predicted octanol–water partition coefficient (Wildman–Crippen LogP) is 2.07. The summed E-state index contributed by atoms with van der Waals surface area (Å²) >= 11 is 0. The van der Waals surface area contributed by atoms with Gasteiger partial charge in [-0.1, -0.05) is 25.1 Å². The molecule has 1 heterocycles. The van der Waals surface area contributed by atoms with E-state index in [1.807, 2.05) is 6.92 Å². The van der Waals surface area contributed by atoms with E-state index in [0.717, 1.165) is 12.0 Å². The fourth-order valence-corrected chi connectivity index (χ4v) is 5.28. The van der Waals surface area contributed by atoms with Crippen molar-refractivity contribution in [2.75, 3.05) is 31.0 Å². The molecule has 0 atom stereocenters. The molecule has 1 aliphatic rings. The van der Waals surface area contributed by atoms with Crippen LogP contribution >= 0.6 is 0 Å². The number of nitrogens with zero attached hydrogens (tertiary/aromatic N) is 1. The zero-order chi connectivity index (χ0) is 19.5. The maximum atomic E-state index is 12.7. The lowest BCUT2D eigenvalue weighted by atomic mass is 10.2. The number of benzene rings is 2. The Hall–Kier alpha value is -1.94. The third-order valence-electron chi connectivity index (χ3n) is 4.34. The van der Waals surface area contributed by atoms with Crippen molar-refractivity contribution in [1.29, 1.82) is 0 Å². The first-order valence-electron chi connectivity index (χ1n) is 8.62. The van der Waals surface area contributed by atoms with Gasteiger partial charge in [0.1, 0.15) is 0 Å². The number of sulfonamides is 2. The standard InChI is InChI=1S/C18H22N2O5S2/c1-2-15-6-8-17(9-7-15)26(21,22)19-16-4-3-5-18(14-16)27(23,24)20-10-12-25-13-11-20/h3-9,14,19H,2,10-13H2,1H3. The van der Waals surface area contributed by atoms with E-state index in [4.69, 9.17) is 4.74 Å². The van der Waals surface area contributed by atoms with Crippen molar-refractivity contribution in [2.45, 2.75) is 23.1 Å². The van der Waals surface area contributed by atoms with Crippen molar-refractivity contribution in [3.05, 3.63) is 54.1 Å². The summed E-state index contributed by atoms with van der Waals surface area (Å²) in [6.45, 7) is 3.24. The second-order valence-corrected chi connectivity index (χ2v) is 9.77. The first kappa shape index (κ1) is 19.8. The lowest BCUT2D eigenvalue weighted by molar-refractivity contribution is 0.0730. The Balaban J connectivity index is 1.84. The van der Waals surface area contributed by atoms with E-state index in [1.54, 1.807) is 12.1 Å². The molecule has 0 aliphatic carbocycles. The van der Waals surface area contributed by atoms with Crippen LogP contribution in [0.5, 0.6) is 0 Å². The molecule has 7 nitrogen and oxygen atoms in total. The fourth-order valence-electron chi connectivity index (χ4n) is 2.77. The molecule has 1 fully saturated rings. The minimum atomic E-state index is -3.80. The molecule has 0 amide bonds. The summed E-state index contributed by atoms with van der Waals surface area (Å²) in [4.78, 5) is 0.173. The first-order chi connectivity index (χ1) is 12.8. The molecular weight excluding hydrogens is 388 g/mol. The Morgan fingerprint density at radius 1 is 0.963 bits per heavy atom. The minimum absolute atomic E-state index is 0.0472. The molecule has 0 spiro atoms. The molecule has 27 heavy (non-hydrogen) atoms. The number of ether oxygens (including phenoxy) is 1. The number of anilines is 1. The molecule has 0 radical (unpaired) electrons. The summed E-state index contributed by atoms with van der Waals surface area (Å²) in [7, 11) is -7.50. The van der Waals surface area contributed by atoms with Crippen LogP contribution in [0.4, 0.5) is 5.69 Å². The minimum Gasteiger partial charge on any atom is -0.379 e. The van der Waals surface area contributed by atoms with E-state index >= 15 is 0 Å². The van der Waals surface area contributed by atoms with Gasteiger partial charge in [-0.15, -0.1) is 0 Å². The zero-order valence-electron chi connectivity index (χ0n) is 15.0. The highest BCUT2D eigenvalue weighted by Crippen LogP contribution is 2.23. The van der Waals surface area contributed by atoms with Crippen molar-refractivity contribution in [1.82, 2.24) is 4.31 Å². The van der Waals surface area contributed by atoms with E-state index in [2.05, 4.69) is 4.72 Å². The number of rotatable bonds is 6. The lowest BCUT2D eigenvalue weighted by Gasteiger charge is -2.26. The zero-order valence-corrected chi connectivity index (χ0v) is 16.6. The number of morpholine rings is 1. The van der Waals surface area contributed by atoms with Crippen LogP contribution in [0.2, 0.25) is 0 Å². The number of hydrogen-bond acceptors (Lipinski definition) is 5. The topological polar surface area (TPSA) is 92.8 Å². The molecule has 9 heteroatoms. The van der Waals surface area contributed by atoms with Gasteiger partial charge in [0, 0.05) is 13.1 Å². The Morgan fingerprint density at radius 2 is 1.63 bits per heavy atom. The Bertz CT molecular complexity index is 996. The van der Waals surface area contributed by atoms with Crippen LogP contribution in [0.1, 0.15) is 12.5 Å². The second-order valence-electron chi connectivity index (χ2n) is 6.15. The van der Waals surface area contributed by atoms with Gasteiger partial charge in [-0.05, 0) is 42.3 Å². The van der Waals surface area contributed by atoms with Crippen molar-refractivity contribution in [3.63, 3.8) is 0 Å². The molecule has 2 aromatic carbocycles. The predicted molar refractivity (Wildman–Crippen MR) is 103 cm³/mol. The molecule has 0 unspecified atom stereocenters. The van der Waals surface area contributed by atoms with E-state index < -0.39 is 20.0 Å². The Morgan fingerprint density at radius 3 is 2.26 bits per heavy atom. The maximum absolute atomic E-state index is 12.7. The van der Waals surface area contributed by atoms with Gasteiger partial charge in [0.05, 0.1) is 28.7 Å². The highest BCUT2D eigenvalue weighted by molar-refractivity contribution is 7.92. The van der Waals surface area contributed by atoms with Crippen LogP contribution in [0.25, 0.3) is 0 Å². The van der Waals surface area contributed by atoms with Gasteiger partial charge in [0.15, 0.2) is 0 Å². The average Bonchev–Trinajstić information content (AvgIpc) is 2.68. The van der Waals surface area contributed by atoms with Crippen LogP contribution in [0.3, 0.4) is 0 Å². The van der Waals surface area contributed by atoms with Gasteiger partial charge in [0.25, 0.3) is 10.0 Å². The number of hydrogen-bond donors (Lipinski definition) is 1. The van der Waals surface area contributed by atoms with Crippen LogP contribution in [-0.4, -0.2) is 47.4 Å². The van der Waals surface area contributed by atoms with E-state index in [1.165, 1.54) is 40.7 Å². The van der Waals surface area contributed by atoms with Crippen LogP contribution < -0.4 is 4.72 Å². The molecule has 3 rings (SSSR count). The van der Waals surface area contributed by atoms with Crippen LogP contribution in [-0.2, 0) is 31.2 Å². The summed E-state index contributed by atoms with van der Waals surface area (Å²) in [5.41, 5.74) is 1.23. The van der Waals surface area contributed by atoms with Crippen molar-refractivity contribution >= 4 is 25.7 Å². The highest BCUT2D eigenvalue weighted by Gasteiger charge is 2.26. The molecule has 2 aromatic rings. The van der Waals surface area contributed by atoms with Gasteiger partial charge in [0.2, 0.25) is 10.0 Å². The first-order valence-corrected chi connectivity index (χ1v) is 11.5. The van der Waals surface area contributed by atoms with Crippen LogP contribution in [0.15, 0.2) is 58.3 Å². The monoisotopic (exact) mass is 410 g/mol. The van der Waals surface area contributed by atoms with Crippen LogP contribution in [0, 0.1) is 0 Å². The summed E-state index contributed by atoms with van der Waals surface area (Å²) < 4.78 is 59.6. The quantitative estimate of drug-likeness (QED) is 0.787. The normalized spacial score (nSPS) is 16.2.